The van der Waals surface area contributed by atoms with Crippen LogP contribution in [0, 0.1) is 0 Å². The minimum absolute atomic E-state index is 0.594. The molecular formula is C12H10BrClN2OS. The van der Waals surface area contributed by atoms with Gasteiger partial charge in [0.15, 0.2) is 5.16 Å². The highest BCUT2D eigenvalue weighted by molar-refractivity contribution is 9.10. The molecule has 1 aliphatic heterocycles. The average Bonchev–Trinajstić information content (AvgIpc) is 2.86. The average molecular weight is 346 g/mol. The fourth-order valence-corrected chi connectivity index (χ4v) is 3.40. The van der Waals surface area contributed by atoms with Gasteiger partial charge in [0.2, 0.25) is 0 Å². The highest BCUT2D eigenvalue weighted by Crippen LogP contribution is 2.40. The minimum atomic E-state index is 0.594. The normalized spacial score (nSPS) is 14.2. The third-order valence-electron chi connectivity index (χ3n) is 2.89. The third kappa shape index (κ3) is 1.93. The fourth-order valence-electron chi connectivity index (χ4n) is 2.05. The van der Waals surface area contributed by atoms with Gasteiger partial charge in [-0.05, 0) is 32.8 Å². The Morgan fingerprint density at radius 1 is 1.44 bits per heavy atom. The van der Waals surface area contributed by atoms with E-state index in [1.807, 2.05) is 6.20 Å². The van der Waals surface area contributed by atoms with Gasteiger partial charge in [0, 0.05) is 16.1 Å². The second kappa shape index (κ2) is 4.96. The summed E-state index contributed by atoms with van der Waals surface area (Å²) in [5.74, 6) is 0.943. The number of halogens is 2. The smallest absolute Gasteiger partial charge is 0.188 e. The molecule has 94 valence electrons. The number of thioether (sulfide) groups is 1. The van der Waals surface area contributed by atoms with Crippen LogP contribution in [0.25, 0.3) is 10.9 Å². The van der Waals surface area contributed by atoms with Crippen molar-refractivity contribution in [3.63, 3.8) is 0 Å². The molecule has 0 atom stereocenters. The topological polar surface area (TPSA) is 35.0 Å². The number of ether oxygens (including phenoxy) is 1. The predicted molar refractivity (Wildman–Crippen MR) is 77.1 cm³/mol. The quantitative estimate of drug-likeness (QED) is 0.604. The van der Waals surface area contributed by atoms with Gasteiger partial charge in [0.05, 0.1) is 23.8 Å². The van der Waals surface area contributed by atoms with Crippen molar-refractivity contribution in [2.75, 3.05) is 5.75 Å². The van der Waals surface area contributed by atoms with Crippen LogP contribution in [0.1, 0.15) is 18.1 Å². The van der Waals surface area contributed by atoms with Crippen molar-refractivity contribution in [2.24, 2.45) is 0 Å². The van der Waals surface area contributed by atoms with Crippen LogP contribution in [0.4, 0.5) is 0 Å². The molecule has 0 aliphatic carbocycles. The highest BCUT2D eigenvalue weighted by Gasteiger charge is 2.22. The molecule has 18 heavy (non-hydrogen) atoms. The Morgan fingerprint density at radius 2 is 2.22 bits per heavy atom. The van der Waals surface area contributed by atoms with Crippen LogP contribution in [0.2, 0.25) is 5.02 Å². The molecule has 1 aliphatic rings. The van der Waals surface area contributed by atoms with E-state index in [0.717, 1.165) is 37.4 Å². The maximum absolute atomic E-state index is 6.38. The molecule has 3 nitrogen and oxygen atoms in total. The van der Waals surface area contributed by atoms with Crippen LogP contribution in [0.3, 0.4) is 0 Å². The van der Waals surface area contributed by atoms with E-state index in [1.165, 1.54) is 0 Å². The summed E-state index contributed by atoms with van der Waals surface area (Å²) < 4.78 is 6.39. The molecule has 0 bridgehead atoms. The summed E-state index contributed by atoms with van der Waals surface area (Å²) in [6.07, 6.45) is 1.85. The van der Waals surface area contributed by atoms with Crippen LogP contribution >= 0.6 is 39.3 Å². The highest BCUT2D eigenvalue weighted by atomic mass is 79.9. The number of nitrogens with zero attached hydrogens (tertiary/aromatic N) is 2. The molecule has 0 N–H and O–H groups in total. The van der Waals surface area contributed by atoms with E-state index in [-0.39, 0.29) is 0 Å². The van der Waals surface area contributed by atoms with E-state index in [1.54, 1.807) is 11.8 Å². The second-order valence-electron chi connectivity index (χ2n) is 3.93. The predicted octanol–water partition coefficient (Wildman–Crippen LogP) is 4.19. The Morgan fingerprint density at radius 3 is 3.00 bits per heavy atom. The summed E-state index contributed by atoms with van der Waals surface area (Å²) in [7, 11) is 0. The molecule has 2 aromatic rings. The molecule has 0 spiro atoms. The van der Waals surface area contributed by atoms with Crippen LogP contribution < -0.4 is 0 Å². The molecule has 0 saturated carbocycles. The molecule has 2 heterocycles. The molecule has 0 radical (unpaired) electrons. The first kappa shape index (κ1) is 12.7. The Hall–Kier alpha value is -0.360. The van der Waals surface area contributed by atoms with Crippen molar-refractivity contribution < 1.29 is 4.74 Å². The zero-order valence-electron chi connectivity index (χ0n) is 9.67. The van der Waals surface area contributed by atoms with Crippen molar-refractivity contribution >= 4 is 50.2 Å². The number of benzene rings is 1. The molecule has 3 rings (SSSR count). The third-order valence-corrected chi connectivity index (χ3v) is 5.10. The SMILES string of the molecule is CCSc1ncc2c3c(c(Br)c(Cl)c2n1)COC3. The number of aromatic nitrogens is 2. The van der Waals surface area contributed by atoms with Crippen LogP contribution in [-0.4, -0.2) is 15.7 Å². The minimum Gasteiger partial charge on any atom is -0.372 e. The number of hydrogen-bond donors (Lipinski definition) is 0. The molecule has 0 amide bonds. The van der Waals surface area contributed by atoms with Gasteiger partial charge in [0.1, 0.15) is 0 Å². The molecule has 1 aromatic heterocycles. The summed E-state index contributed by atoms with van der Waals surface area (Å²) in [6.45, 7) is 3.27. The van der Waals surface area contributed by atoms with E-state index in [2.05, 4.69) is 32.8 Å². The standard InChI is InChI=1S/C12H10BrClN2OS/c1-2-18-12-15-3-6-7-4-17-5-8(7)9(13)10(14)11(6)16-12/h3H,2,4-5H2,1H3. The lowest BCUT2D eigenvalue weighted by Crippen LogP contribution is -1.95. The first-order chi connectivity index (χ1) is 8.72. The molecule has 6 heteroatoms. The van der Waals surface area contributed by atoms with Gasteiger partial charge in [0.25, 0.3) is 0 Å². The van der Waals surface area contributed by atoms with Crippen LogP contribution in [0.5, 0.6) is 0 Å². The van der Waals surface area contributed by atoms with Gasteiger partial charge < -0.3 is 4.74 Å². The Bertz CT molecular complexity index is 635. The Labute approximate surface area is 122 Å². The first-order valence-electron chi connectivity index (χ1n) is 5.58. The number of fused-ring (bicyclic) bond motifs is 3. The van der Waals surface area contributed by atoms with E-state index in [4.69, 9.17) is 16.3 Å². The zero-order valence-corrected chi connectivity index (χ0v) is 12.8. The van der Waals surface area contributed by atoms with Gasteiger partial charge in [-0.3, -0.25) is 0 Å². The summed E-state index contributed by atoms with van der Waals surface area (Å²) in [5, 5.41) is 2.41. The van der Waals surface area contributed by atoms with Gasteiger partial charge in [-0.25, -0.2) is 9.97 Å². The lowest BCUT2D eigenvalue weighted by molar-refractivity contribution is 0.134. The van der Waals surface area contributed by atoms with Gasteiger partial charge >= 0.3 is 0 Å². The lowest BCUT2D eigenvalue weighted by Gasteiger charge is -2.09. The monoisotopic (exact) mass is 344 g/mol. The van der Waals surface area contributed by atoms with Crippen molar-refractivity contribution in [1.82, 2.24) is 9.97 Å². The van der Waals surface area contributed by atoms with Crippen molar-refractivity contribution in [1.29, 1.82) is 0 Å². The number of hydrogen-bond acceptors (Lipinski definition) is 4. The first-order valence-corrected chi connectivity index (χ1v) is 7.74. The van der Waals surface area contributed by atoms with Crippen LogP contribution in [0.15, 0.2) is 15.8 Å². The van der Waals surface area contributed by atoms with E-state index >= 15 is 0 Å². The lowest BCUT2D eigenvalue weighted by atomic mass is 10.1. The molecular weight excluding hydrogens is 336 g/mol. The fraction of sp³-hybridized carbons (Fsp3) is 0.333. The summed E-state index contributed by atoms with van der Waals surface area (Å²) >= 11 is 11.5. The van der Waals surface area contributed by atoms with Crippen molar-refractivity contribution in [3.05, 3.63) is 26.8 Å². The molecule has 1 aromatic carbocycles. The van der Waals surface area contributed by atoms with Gasteiger partial charge in [-0.15, -0.1) is 0 Å². The second-order valence-corrected chi connectivity index (χ2v) is 6.33. The zero-order chi connectivity index (χ0) is 12.7. The summed E-state index contributed by atoms with van der Waals surface area (Å²) in [4.78, 5) is 8.90. The van der Waals surface area contributed by atoms with E-state index in [9.17, 15) is 0 Å². The molecule has 0 saturated heterocycles. The summed E-state index contributed by atoms with van der Waals surface area (Å²) in [6, 6.07) is 0. The summed E-state index contributed by atoms with van der Waals surface area (Å²) in [5.41, 5.74) is 3.07. The van der Waals surface area contributed by atoms with Crippen LogP contribution in [-0.2, 0) is 18.0 Å². The van der Waals surface area contributed by atoms with E-state index < -0.39 is 0 Å². The Kier molecular flexibility index (Phi) is 3.49. The van der Waals surface area contributed by atoms with Crippen molar-refractivity contribution in [3.8, 4) is 0 Å². The van der Waals surface area contributed by atoms with Crippen molar-refractivity contribution in [2.45, 2.75) is 25.3 Å². The van der Waals surface area contributed by atoms with Gasteiger partial charge in [-0.2, -0.15) is 0 Å². The van der Waals surface area contributed by atoms with E-state index in [0.29, 0.717) is 18.2 Å². The maximum atomic E-state index is 6.38. The largest absolute Gasteiger partial charge is 0.372 e. The Balaban J connectivity index is 2.30. The molecule has 0 unspecified atom stereocenters. The molecule has 0 fully saturated rings. The maximum Gasteiger partial charge on any atom is 0.188 e. The number of rotatable bonds is 2. The van der Waals surface area contributed by atoms with Gasteiger partial charge in [-0.1, -0.05) is 30.3 Å².